The number of amides is 1. The quantitative estimate of drug-likeness (QED) is 0.475. The number of aromatic nitrogens is 4. The van der Waals surface area contributed by atoms with Gasteiger partial charge >= 0.3 is 11.8 Å². The maximum absolute atomic E-state index is 13.6. The maximum atomic E-state index is 13.6. The molecule has 1 aliphatic rings. The van der Waals surface area contributed by atoms with E-state index in [4.69, 9.17) is 0 Å². The highest BCUT2D eigenvalue weighted by Gasteiger charge is 2.48. The van der Waals surface area contributed by atoms with Crippen molar-refractivity contribution in [1.82, 2.24) is 29.5 Å². The fraction of sp³-hybridized carbons (Fsp3) is 0.318. The minimum atomic E-state index is -1.47. The molecule has 2 atom stereocenters. The van der Waals surface area contributed by atoms with Gasteiger partial charge in [-0.2, -0.15) is 5.10 Å². The van der Waals surface area contributed by atoms with Crippen molar-refractivity contribution in [2.45, 2.75) is 25.0 Å². The van der Waals surface area contributed by atoms with Gasteiger partial charge in [0.2, 0.25) is 0 Å². The molecule has 172 valence electrons. The fourth-order valence-electron chi connectivity index (χ4n) is 4.23. The molecule has 0 radical (unpaired) electrons. The van der Waals surface area contributed by atoms with Gasteiger partial charge in [-0.3, -0.25) is 14.7 Å². The van der Waals surface area contributed by atoms with E-state index in [1.807, 2.05) is 0 Å². The molecule has 1 amide bonds. The number of ketones is 1. The van der Waals surface area contributed by atoms with Gasteiger partial charge in [0, 0.05) is 31.4 Å². The number of carboxylic acid groups (broad SMARTS) is 1. The predicted molar refractivity (Wildman–Crippen MR) is 117 cm³/mol. The van der Waals surface area contributed by atoms with Crippen molar-refractivity contribution in [3.8, 4) is 5.75 Å². The second-order valence-corrected chi connectivity index (χ2v) is 7.71. The summed E-state index contributed by atoms with van der Waals surface area (Å²) in [5, 5.41) is 26.8. The van der Waals surface area contributed by atoms with E-state index in [2.05, 4.69) is 15.4 Å². The van der Waals surface area contributed by atoms with Gasteiger partial charge in [0.1, 0.15) is 18.1 Å². The Kier molecular flexibility index (Phi) is 5.97. The summed E-state index contributed by atoms with van der Waals surface area (Å²) in [7, 11) is 0. The van der Waals surface area contributed by atoms with Gasteiger partial charge in [0.15, 0.2) is 11.4 Å². The molecule has 33 heavy (non-hydrogen) atoms. The molecule has 1 saturated heterocycles. The van der Waals surface area contributed by atoms with E-state index >= 15 is 0 Å². The summed E-state index contributed by atoms with van der Waals surface area (Å²) < 4.78 is 2.30. The highest BCUT2D eigenvalue weighted by molar-refractivity contribution is 5.99. The van der Waals surface area contributed by atoms with Gasteiger partial charge < -0.3 is 15.5 Å². The zero-order valence-electron chi connectivity index (χ0n) is 18.0. The van der Waals surface area contributed by atoms with Crippen LogP contribution >= 0.6 is 0 Å². The first-order chi connectivity index (χ1) is 15.9. The lowest BCUT2D eigenvalue weighted by Crippen LogP contribution is -2.66. The van der Waals surface area contributed by atoms with Crippen LogP contribution in [0.5, 0.6) is 5.75 Å². The van der Waals surface area contributed by atoms with Crippen LogP contribution in [0.3, 0.4) is 0 Å². The molecule has 1 aromatic carbocycles. The Morgan fingerprint density at radius 1 is 1.21 bits per heavy atom. The van der Waals surface area contributed by atoms with Crippen molar-refractivity contribution in [1.29, 1.82) is 0 Å². The highest BCUT2D eigenvalue weighted by atomic mass is 16.4. The maximum Gasteiger partial charge on any atom is 0.409 e. The first kappa shape index (κ1) is 22.2. The lowest BCUT2D eigenvalue weighted by molar-refractivity contribution is 0.0294. The lowest BCUT2D eigenvalue weighted by Gasteiger charge is -2.45. The third-order valence-corrected chi connectivity index (χ3v) is 5.86. The number of rotatable bonds is 6. The normalized spacial score (nSPS) is 19.2. The third-order valence-electron chi connectivity index (χ3n) is 5.86. The monoisotopic (exact) mass is 452 g/mol. The van der Waals surface area contributed by atoms with Gasteiger partial charge in [0.25, 0.3) is 0 Å². The van der Waals surface area contributed by atoms with Crippen LogP contribution in [0, 0.1) is 0 Å². The Hall–Kier alpha value is -3.99. The van der Waals surface area contributed by atoms with Crippen molar-refractivity contribution in [2.75, 3.05) is 19.6 Å². The van der Waals surface area contributed by atoms with Crippen LogP contribution in [0.4, 0.5) is 4.79 Å². The molecular formula is C22H24N6O5. The first-order valence-electron chi connectivity index (χ1n) is 10.5. The summed E-state index contributed by atoms with van der Waals surface area (Å²) in [4.78, 5) is 44.5. The summed E-state index contributed by atoms with van der Waals surface area (Å²) in [5.41, 5.74) is -1.42. The number of hydrogen-bond acceptors (Lipinski definition) is 7. The van der Waals surface area contributed by atoms with E-state index in [0.29, 0.717) is 17.8 Å². The average Bonchev–Trinajstić information content (AvgIpc) is 3.21. The zero-order chi connectivity index (χ0) is 23.6. The SMILES string of the molecule is CCC(C(=O)c1ccc(O)cc1)n1ncn(C2(c3ccccn3)CNCCN2C(=O)O)c1=O. The summed E-state index contributed by atoms with van der Waals surface area (Å²) in [5.74, 6) is -0.314. The van der Waals surface area contributed by atoms with Gasteiger partial charge in [0.05, 0.1) is 5.69 Å². The molecule has 2 aromatic heterocycles. The summed E-state index contributed by atoms with van der Waals surface area (Å²) in [6, 6.07) is 9.94. The zero-order valence-corrected chi connectivity index (χ0v) is 18.0. The molecule has 0 spiro atoms. The van der Waals surface area contributed by atoms with E-state index in [-0.39, 0.29) is 31.0 Å². The predicted octanol–water partition coefficient (Wildman–Crippen LogP) is 1.26. The number of Topliss-reactive ketones (excluding diaryl/α,β-unsaturated/α-hetero) is 1. The number of nitrogens with zero attached hydrogens (tertiary/aromatic N) is 5. The summed E-state index contributed by atoms with van der Waals surface area (Å²) in [6.07, 6.45) is 1.87. The second kappa shape index (κ2) is 8.87. The van der Waals surface area contributed by atoms with E-state index < -0.39 is 23.5 Å². The van der Waals surface area contributed by atoms with Crippen molar-refractivity contribution in [2.24, 2.45) is 0 Å². The molecule has 0 bridgehead atoms. The number of hydrogen-bond donors (Lipinski definition) is 3. The Morgan fingerprint density at radius 3 is 2.61 bits per heavy atom. The van der Waals surface area contributed by atoms with Crippen LogP contribution in [0.2, 0.25) is 0 Å². The molecule has 4 rings (SSSR count). The van der Waals surface area contributed by atoms with Gasteiger partial charge in [-0.25, -0.2) is 18.8 Å². The van der Waals surface area contributed by atoms with Crippen LogP contribution in [-0.4, -0.2) is 66.0 Å². The molecule has 3 N–H and O–H groups in total. The van der Waals surface area contributed by atoms with Crippen molar-refractivity contribution in [3.63, 3.8) is 0 Å². The largest absolute Gasteiger partial charge is 0.508 e. The Balaban J connectivity index is 1.84. The molecule has 0 saturated carbocycles. The third kappa shape index (κ3) is 3.76. The number of carbonyl (C=O) groups excluding carboxylic acids is 1. The van der Waals surface area contributed by atoms with E-state index in [9.17, 15) is 24.6 Å². The lowest BCUT2D eigenvalue weighted by atomic mass is 10.00. The first-order valence-corrected chi connectivity index (χ1v) is 10.5. The van der Waals surface area contributed by atoms with Crippen molar-refractivity contribution >= 4 is 11.9 Å². The number of piperazine rings is 1. The number of carbonyl (C=O) groups is 2. The second-order valence-electron chi connectivity index (χ2n) is 7.71. The molecule has 1 fully saturated rings. The van der Waals surface area contributed by atoms with E-state index in [1.54, 1.807) is 25.1 Å². The van der Waals surface area contributed by atoms with Crippen LogP contribution in [0.25, 0.3) is 0 Å². The Labute approximate surface area is 188 Å². The number of nitrogens with one attached hydrogen (secondary N) is 1. The Morgan fingerprint density at radius 2 is 1.97 bits per heavy atom. The minimum absolute atomic E-state index is 0.0249. The van der Waals surface area contributed by atoms with Crippen LogP contribution in [-0.2, 0) is 5.66 Å². The average molecular weight is 452 g/mol. The summed E-state index contributed by atoms with van der Waals surface area (Å²) >= 11 is 0. The number of phenolic OH excluding ortho intramolecular Hbond substituents is 1. The molecule has 1 aliphatic heterocycles. The molecule has 0 aliphatic carbocycles. The molecule has 2 unspecified atom stereocenters. The standard InChI is InChI=1S/C22H24N6O5/c1-2-17(19(30)15-6-8-16(29)9-7-15)28-20(31)27(14-25-28)22(18-5-3-4-10-24-18)13-23-11-12-26(22)21(32)33/h3-10,14,17,23,29H,2,11-13H2,1H3,(H,32,33). The highest BCUT2D eigenvalue weighted by Crippen LogP contribution is 2.30. The minimum Gasteiger partial charge on any atom is -0.508 e. The van der Waals surface area contributed by atoms with Crippen LogP contribution < -0.4 is 11.0 Å². The van der Waals surface area contributed by atoms with Gasteiger partial charge in [-0.15, -0.1) is 0 Å². The smallest absolute Gasteiger partial charge is 0.409 e. The number of pyridine rings is 1. The van der Waals surface area contributed by atoms with Crippen molar-refractivity contribution in [3.05, 3.63) is 76.7 Å². The fourth-order valence-corrected chi connectivity index (χ4v) is 4.23. The topological polar surface area (TPSA) is 143 Å². The van der Waals surface area contributed by atoms with Crippen LogP contribution in [0.1, 0.15) is 35.4 Å². The number of phenols is 1. The molecular weight excluding hydrogens is 428 g/mol. The molecule has 3 heterocycles. The number of aromatic hydroxyl groups is 1. The summed E-state index contributed by atoms with van der Waals surface area (Å²) in [6.45, 7) is 2.41. The Bertz CT molecular complexity index is 1210. The molecule has 3 aromatic rings. The van der Waals surface area contributed by atoms with E-state index in [1.165, 1.54) is 46.3 Å². The van der Waals surface area contributed by atoms with Gasteiger partial charge in [-0.1, -0.05) is 13.0 Å². The van der Waals surface area contributed by atoms with Crippen LogP contribution in [0.15, 0.2) is 59.8 Å². The van der Waals surface area contributed by atoms with E-state index in [0.717, 1.165) is 4.68 Å². The molecule has 11 nitrogen and oxygen atoms in total. The van der Waals surface area contributed by atoms with Gasteiger partial charge in [-0.05, 0) is 42.8 Å². The van der Waals surface area contributed by atoms with Crippen molar-refractivity contribution < 1.29 is 19.8 Å². The molecule has 11 heteroatoms. The number of benzene rings is 1.